The topological polar surface area (TPSA) is 63.2 Å². The molecule has 4 aliphatic rings. The number of hydrogen-bond donors (Lipinski definition) is 2. The molecular formula is C19H37IN6O. The molecule has 4 rings (SSSR count). The second kappa shape index (κ2) is 10.8. The minimum Gasteiger partial charge on any atom is -0.357 e. The number of aliphatic imine (C=N–C) groups is 1. The summed E-state index contributed by atoms with van der Waals surface area (Å²) in [5.41, 5.74) is 0. The summed E-state index contributed by atoms with van der Waals surface area (Å²) in [5.74, 6) is 1.32. The molecular weight excluding hydrogens is 455 g/mol. The fourth-order valence-electron chi connectivity index (χ4n) is 4.52. The summed E-state index contributed by atoms with van der Waals surface area (Å²) in [4.78, 5) is 24.1. The summed E-state index contributed by atoms with van der Waals surface area (Å²) < 4.78 is 0. The van der Waals surface area contributed by atoms with Crippen LogP contribution in [0.15, 0.2) is 4.99 Å². The summed E-state index contributed by atoms with van der Waals surface area (Å²) in [6.45, 7) is 9.74. The molecule has 3 heterocycles. The highest BCUT2D eigenvalue weighted by Crippen LogP contribution is 2.25. The van der Waals surface area contributed by atoms with Crippen molar-refractivity contribution in [2.75, 3.05) is 59.9 Å². The number of nitrogens with one attached hydrogen (secondary N) is 2. The Bertz CT molecular complexity index is 506. The van der Waals surface area contributed by atoms with Crippen molar-refractivity contribution in [3.8, 4) is 0 Å². The van der Waals surface area contributed by atoms with E-state index in [0.29, 0.717) is 12.1 Å². The Morgan fingerprint density at radius 3 is 2.52 bits per heavy atom. The lowest BCUT2D eigenvalue weighted by Crippen LogP contribution is -2.62. The first-order valence-corrected chi connectivity index (χ1v) is 10.3. The van der Waals surface area contributed by atoms with Crippen molar-refractivity contribution in [1.29, 1.82) is 0 Å². The van der Waals surface area contributed by atoms with E-state index in [1.807, 2.05) is 14.1 Å². The SMILES string of the molecule is CCNC(=NCC1CN2CCN1CC2)NC1CCCC(C(=O)N(C)C)C1.I. The zero-order chi connectivity index (χ0) is 18.5. The van der Waals surface area contributed by atoms with Crippen LogP contribution in [0.2, 0.25) is 0 Å². The van der Waals surface area contributed by atoms with Crippen molar-refractivity contribution in [3.05, 3.63) is 0 Å². The molecule has 2 N–H and O–H groups in total. The Morgan fingerprint density at radius 1 is 1.19 bits per heavy atom. The molecule has 0 aromatic carbocycles. The lowest BCUT2D eigenvalue weighted by Gasteiger charge is -2.47. The van der Waals surface area contributed by atoms with Crippen molar-refractivity contribution >= 4 is 35.8 Å². The van der Waals surface area contributed by atoms with Gasteiger partial charge in [0.2, 0.25) is 5.91 Å². The molecule has 27 heavy (non-hydrogen) atoms. The van der Waals surface area contributed by atoms with Gasteiger partial charge in [-0.3, -0.25) is 19.6 Å². The first-order valence-electron chi connectivity index (χ1n) is 10.3. The second-order valence-electron chi connectivity index (χ2n) is 8.15. The van der Waals surface area contributed by atoms with Crippen LogP contribution in [0.5, 0.6) is 0 Å². The van der Waals surface area contributed by atoms with Gasteiger partial charge in [0.1, 0.15) is 0 Å². The van der Waals surface area contributed by atoms with Crippen LogP contribution in [-0.2, 0) is 4.79 Å². The number of piperazine rings is 3. The van der Waals surface area contributed by atoms with Gasteiger partial charge in [0.25, 0.3) is 0 Å². The van der Waals surface area contributed by atoms with Crippen LogP contribution in [0.1, 0.15) is 32.6 Å². The van der Waals surface area contributed by atoms with Crippen LogP contribution in [0.25, 0.3) is 0 Å². The van der Waals surface area contributed by atoms with Gasteiger partial charge >= 0.3 is 0 Å². The molecule has 0 spiro atoms. The number of halogens is 1. The summed E-state index contributed by atoms with van der Waals surface area (Å²) in [5, 5.41) is 6.99. The van der Waals surface area contributed by atoms with E-state index >= 15 is 0 Å². The maximum atomic E-state index is 12.3. The van der Waals surface area contributed by atoms with Crippen LogP contribution in [-0.4, -0.2) is 98.6 Å². The molecule has 0 aromatic rings. The maximum Gasteiger partial charge on any atom is 0.225 e. The predicted molar refractivity (Wildman–Crippen MR) is 121 cm³/mol. The van der Waals surface area contributed by atoms with Crippen LogP contribution < -0.4 is 10.6 Å². The van der Waals surface area contributed by atoms with Crippen LogP contribution in [0, 0.1) is 5.92 Å². The van der Waals surface area contributed by atoms with Gasteiger partial charge in [0, 0.05) is 71.4 Å². The third-order valence-corrected chi connectivity index (χ3v) is 6.00. The Morgan fingerprint density at radius 2 is 1.93 bits per heavy atom. The number of guanidine groups is 1. The first kappa shape index (κ1) is 22.7. The fourth-order valence-corrected chi connectivity index (χ4v) is 4.52. The highest BCUT2D eigenvalue weighted by atomic mass is 127. The number of fused-ring (bicyclic) bond motifs is 3. The first-order chi connectivity index (χ1) is 12.6. The molecule has 1 aliphatic carbocycles. The monoisotopic (exact) mass is 492 g/mol. The minimum atomic E-state index is 0. The maximum absolute atomic E-state index is 12.3. The van der Waals surface area contributed by atoms with Gasteiger partial charge in [-0.1, -0.05) is 6.42 Å². The molecule has 2 bridgehead atoms. The van der Waals surface area contributed by atoms with E-state index in [9.17, 15) is 4.79 Å². The largest absolute Gasteiger partial charge is 0.357 e. The van der Waals surface area contributed by atoms with Crippen LogP contribution in [0.4, 0.5) is 0 Å². The Kier molecular flexibility index (Phi) is 9.07. The Hall–Kier alpha value is -0.610. The molecule has 4 fully saturated rings. The van der Waals surface area contributed by atoms with Crippen LogP contribution >= 0.6 is 24.0 Å². The zero-order valence-corrected chi connectivity index (χ0v) is 19.4. The number of rotatable bonds is 5. The molecule has 0 aromatic heterocycles. The number of nitrogens with zero attached hydrogens (tertiary/aromatic N) is 4. The molecule has 3 saturated heterocycles. The third kappa shape index (κ3) is 6.19. The van der Waals surface area contributed by atoms with Gasteiger partial charge < -0.3 is 15.5 Å². The molecule has 7 nitrogen and oxygen atoms in total. The summed E-state index contributed by atoms with van der Waals surface area (Å²) in [6, 6.07) is 0.879. The number of carbonyl (C=O) groups excluding carboxylic acids is 1. The molecule has 156 valence electrons. The Balaban J connectivity index is 0.00000261. The van der Waals surface area contributed by atoms with Gasteiger partial charge in [-0.25, -0.2) is 0 Å². The predicted octanol–water partition coefficient (Wildman–Crippen LogP) is 0.806. The van der Waals surface area contributed by atoms with E-state index in [4.69, 9.17) is 4.99 Å². The van der Waals surface area contributed by atoms with Crippen molar-refractivity contribution < 1.29 is 4.79 Å². The summed E-state index contributed by atoms with van der Waals surface area (Å²) in [7, 11) is 3.71. The molecule has 1 saturated carbocycles. The fraction of sp³-hybridized carbons (Fsp3) is 0.895. The van der Waals surface area contributed by atoms with Gasteiger partial charge in [-0.15, -0.1) is 24.0 Å². The third-order valence-electron chi connectivity index (χ3n) is 6.00. The average Bonchev–Trinajstić information content (AvgIpc) is 2.67. The van der Waals surface area contributed by atoms with Crippen molar-refractivity contribution in [1.82, 2.24) is 25.3 Å². The number of amides is 1. The van der Waals surface area contributed by atoms with Crippen LogP contribution in [0.3, 0.4) is 0 Å². The number of hydrogen-bond acceptors (Lipinski definition) is 4. The Labute approximate surface area is 181 Å². The van der Waals surface area contributed by atoms with E-state index in [1.165, 1.54) is 26.2 Å². The normalized spacial score (nSPS) is 33.1. The van der Waals surface area contributed by atoms with Crippen molar-refractivity contribution in [2.24, 2.45) is 10.9 Å². The summed E-state index contributed by atoms with van der Waals surface area (Å²) in [6.07, 6.45) is 4.14. The van der Waals surface area contributed by atoms with Gasteiger partial charge in [-0.05, 0) is 26.2 Å². The standard InChI is InChI=1S/C19H36N6O.HI/c1-4-20-19(21-13-17-14-24-8-10-25(17)11-9-24)22-16-7-5-6-15(12-16)18(26)23(2)3;/h15-17H,4-14H2,1-3H3,(H2,20,21,22);1H. The van der Waals surface area contributed by atoms with E-state index < -0.39 is 0 Å². The minimum absolute atomic E-state index is 0. The summed E-state index contributed by atoms with van der Waals surface area (Å²) >= 11 is 0. The van der Waals surface area contributed by atoms with Gasteiger partial charge in [-0.2, -0.15) is 0 Å². The van der Waals surface area contributed by atoms with Gasteiger partial charge in [0.15, 0.2) is 5.96 Å². The van der Waals surface area contributed by atoms with Crippen molar-refractivity contribution in [2.45, 2.75) is 44.7 Å². The smallest absolute Gasteiger partial charge is 0.225 e. The zero-order valence-electron chi connectivity index (χ0n) is 17.1. The lowest BCUT2D eigenvalue weighted by molar-refractivity contribution is -0.134. The van der Waals surface area contributed by atoms with Gasteiger partial charge in [0.05, 0.1) is 6.54 Å². The second-order valence-corrected chi connectivity index (χ2v) is 8.15. The average molecular weight is 492 g/mol. The molecule has 1 amide bonds. The highest BCUT2D eigenvalue weighted by molar-refractivity contribution is 14.0. The quantitative estimate of drug-likeness (QED) is 0.338. The molecule has 3 unspecified atom stereocenters. The van der Waals surface area contributed by atoms with E-state index in [2.05, 4.69) is 27.4 Å². The van der Waals surface area contributed by atoms with Crippen molar-refractivity contribution in [3.63, 3.8) is 0 Å². The molecule has 0 radical (unpaired) electrons. The number of carbonyl (C=O) groups is 1. The molecule has 3 aliphatic heterocycles. The van der Waals surface area contributed by atoms with E-state index in [-0.39, 0.29) is 35.8 Å². The van der Waals surface area contributed by atoms with E-state index in [0.717, 1.165) is 51.3 Å². The lowest BCUT2D eigenvalue weighted by atomic mass is 9.85. The van der Waals surface area contributed by atoms with E-state index in [1.54, 1.807) is 4.90 Å². The molecule has 8 heteroatoms. The molecule has 3 atom stereocenters. The highest BCUT2D eigenvalue weighted by Gasteiger charge is 2.32.